The average molecular weight is 367 g/mol. The van der Waals surface area contributed by atoms with E-state index in [-0.39, 0.29) is 5.91 Å². The zero-order chi connectivity index (χ0) is 19.2. The molecule has 0 unspecified atom stereocenters. The van der Waals surface area contributed by atoms with Crippen molar-refractivity contribution in [2.24, 2.45) is 7.05 Å². The quantitative estimate of drug-likeness (QED) is 0.694. The van der Waals surface area contributed by atoms with Gasteiger partial charge >= 0.3 is 0 Å². The number of carbonyl (C=O) groups excluding carboxylic acids is 1. The largest absolute Gasteiger partial charge is 0.497 e. The predicted octanol–water partition coefficient (Wildman–Crippen LogP) is 3.27. The van der Waals surface area contributed by atoms with Crippen molar-refractivity contribution in [2.75, 3.05) is 19.5 Å². The lowest BCUT2D eigenvalue weighted by Crippen LogP contribution is -2.13. The van der Waals surface area contributed by atoms with E-state index in [0.29, 0.717) is 35.1 Å². The number of methoxy groups -OCH3 is 2. The van der Waals surface area contributed by atoms with E-state index in [1.807, 2.05) is 17.8 Å². The van der Waals surface area contributed by atoms with Crippen LogP contribution in [-0.2, 0) is 13.7 Å². The van der Waals surface area contributed by atoms with Crippen molar-refractivity contribution in [1.29, 1.82) is 0 Å². The molecule has 3 aromatic rings. The van der Waals surface area contributed by atoms with Crippen LogP contribution in [-0.4, -0.2) is 29.7 Å². The number of rotatable bonds is 7. The minimum atomic E-state index is -0.285. The summed E-state index contributed by atoms with van der Waals surface area (Å²) >= 11 is 0. The molecule has 2 aromatic carbocycles. The molecule has 0 saturated heterocycles. The summed E-state index contributed by atoms with van der Waals surface area (Å²) in [5.41, 5.74) is 1.04. The van der Waals surface area contributed by atoms with Crippen LogP contribution in [0.25, 0.3) is 0 Å². The van der Waals surface area contributed by atoms with E-state index in [9.17, 15) is 4.79 Å². The van der Waals surface area contributed by atoms with Gasteiger partial charge in [-0.15, -0.1) is 0 Å². The van der Waals surface area contributed by atoms with Crippen LogP contribution in [0.3, 0.4) is 0 Å². The standard InChI is InChI=1S/C20H21N3O4/c1-23-11-10-21-19(23)13-27-15-6-4-14(5-7-15)22-20(24)17-12-16(25-2)8-9-18(17)26-3/h4-12H,13H2,1-3H3,(H,22,24). The summed E-state index contributed by atoms with van der Waals surface area (Å²) in [6, 6.07) is 12.2. The Balaban J connectivity index is 1.66. The van der Waals surface area contributed by atoms with Gasteiger partial charge < -0.3 is 24.1 Å². The van der Waals surface area contributed by atoms with E-state index in [1.54, 1.807) is 55.8 Å². The molecule has 0 spiro atoms. The van der Waals surface area contributed by atoms with Gasteiger partial charge in [0.05, 0.1) is 19.8 Å². The first-order valence-electron chi connectivity index (χ1n) is 8.33. The maximum Gasteiger partial charge on any atom is 0.259 e. The number of imidazole rings is 1. The number of hydrogen-bond donors (Lipinski definition) is 1. The minimum absolute atomic E-state index is 0.285. The summed E-state index contributed by atoms with van der Waals surface area (Å²) < 4.78 is 18.0. The normalized spacial score (nSPS) is 10.3. The Kier molecular flexibility index (Phi) is 5.61. The molecular weight excluding hydrogens is 346 g/mol. The fraction of sp³-hybridized carbons (Fsp3) is 0.200. The van der Waals surface area contributed by atoms with Crippen molar-refractivity contribution in [2.45, 2.75) is 6.61 Å². The van der Waals surface area contributed by atoms with Gasteiger partial charge in [0, 0.05) is 25.1 Å². The Bertz CT molecular complexity index is 919. The lowest BCUT2D eigenvalue weighted by atomic mass is 10.1. The Labute approximate surface area is 157 Å². The first-order chi connectivity index (χ1) is 13.1. The topological polar surface area (TPSA) is 74.6 Å². The lowest BCUT2D eigenvalue weighted by molar-refractivity contribution is 0.102. The number of carbonyl (C=O) groups is 1. The Hall–Kier alpha value is -3.48. The van der Waals surface area contributed by atoms with Gasteiger partial charge in [-0.3, -0.25) is 4.79 Å². The summed E-state index contributed by atoms with van der Waals surface area (Å²) in [5, 5.41) is 2.84. The summed E-state index contributed by atoms with van der Waals surface area (Å²) in [4.78, 5) is 16.8. The number of nitrogens with zero attached hydrogens (tertiary/aromatic N) is 2. The second-order valence-corrected chi connectivity index (χ2v) is 5.79. The van der Waals surface area contributed by atoms with Gasteiger partial charge in [0.25, 0.3) is 5.91 Å². The van der Waals surface area contributed by atoms with Crippen molar-refractivity contribution in [3.05, 3.63) is 66.2 Å². The molecule has 1 N–H and O–H groups in total. The second-order valence-electron chi connectivity index (χ2n) is 5.79. The third kappa shape index (κ3) is 4.38. The molecule has 0 fully saturated rings. The summed E-state index contributed by atoms with van der Waals surface area (Å²) in [6.45, 7) is 0.371. The number of amides is 1. The maximum absolute atomic E-state index is 12.6. The van der Waals surface area contributed by atoms with E-state index in [1.165, 1.54) is 7.11 Å². The molecule has 27 heavy (non-hydrogen) atoms. The van der Waals surface area contributed by atoms with Crippen LogP contribution in [0.2, 0.25) is 0 Å². The lowest BCUT2D eigenvalue weighted by Gasteiger charge is -2.11. The summed E-state index contributed by atoms with van der Waals surface area (Å²) in [5.74, 6) is 2.29. The molecule has 1 aromatic heterocycles. The summed E-state index contributed by atoms with van der Waals surface area (Å²) in [6.07, 6.45) is 3.59. The van der Waals surface area contributed by atoms with Crippen LogP contribution in [0.1, 0.15) is 16.2 Å². The van der Waals surface area contributed by atoms with Crippen molar-refractivity contribution >= 4 is 11.6 Å². The van der Waals surface area contributed by atoms with Gasteiger partial charge in [-0.2, -0.15) is 0 Å². The minimum Gasteiger partial charge on any atom is -0.497 e. The highest BCUT2D eigenvalue weighted by molar-refractivity contribution is 6.06. The van der Waals surface area contributed by atoms with E-state index in [2.05, 4.69) is 10.3 Å². The zero-order valence-electron chi connectivity index (χ0n) is 15.4. The monoisotopic (exact) mass is 367 g/mol. The molecule has 0 aliphatic carbocycles. The van der Waals surface area contributed by atoms with E-state index < -0.39 is 0 Å². The van der Waals surface area contributed by atoms with E-state index in [0.717, 1.165) is 5.82 Å². The fourth-order valence-corrected chi connectivity index (χ4v) is 2.51. The van der Waals surface area contributed by atoms with Crippen LogP contribution in [0, 0.1) is 0 Å². The molecule has 0 radical (unpaired) electrons. The van der Waals surface area contributed by atoms with Crippen LogP contribution < -0.4 is 19.5 Å². The van der Waals surface area contributed by atoms with Crippen LogP contribution in [0.5, 0.6) is 17.2 Å². The Morgan fingerprint density at radius 3 is 2.44 bits per heavy atom. The number of aryl methyl sites for hydroxylation is 1. The van der Waals surface area contributed by atoms with Crippen LogP contribution in [0.15, 0.2) is 54.9 Å². The molecule has 1 amide bonds. The van der Waals surface area contributed by atoms with Gasteiger partial charge in [0.15, 0.2) is 0 Å². The third-order valence-electron chi connectivity index (χ3n) is 4.05. The molecule has 7 heteroatoms. The molecule has 140 valence electrons. The third-order valence-corrected chi connectivity index (χ3v) is 4.05. The Morgan fingerprint density at radius 1 is 1.07 bits per heavy atom. The molecule has 0 atom stereocenters. The molecule has 0 bridgehead atoms. The second kappa shape index (κ2) is 8.27. The fourth-order valence-electron chi connectivity index (χ4n) is 2.51. The zero-order valence-corrected chi connectivity index (χ0v) is 15.4. The van der Waals surface area contributed by atoms with Crippen molar-refractivity contribution in [1.82, 2.24) is 9.55 Å². The van der Waals surface area contributed by atoms with Crippen LogP contribution >= 0.6 is 0 Å². The highest BCUT2D eigenvalue weighted by Gasteiger charge is 2.14. The van der Waals surface area contributed by atoms with E-state index in [4.69, 9.17) is 14.2 Å². The first-order valence-corrected chi connectivity index (χ1v) is 8.33. The molecule has 0 aliphatic heterocycles. The van der Waals surface area contributed by atoms with Crippen molar-refractivity contribution in [3.63, 3.8) is 0 Å². The number of anilines is 1. The van der Waals surface area contributed by atoms with Crippen LogP contribution in [0.4, 0.5) is 5.69 Å². The van der Waals surface area contributed by atoms with Gasteiger partial charge in [-0.25, -0.2) is 4.98 Å². The SMILES string of the molecule is COc1ccc(OC)c(C(=O)Nc2ccc(OCc3nccn3C)cc2)c1. The maximum atomic E-state index is 12.6. The molecule has 0 aliphatic rings. The number of benzene rings is 2. The van der Waals surface area contributed by atoms with E-state index >= 15 is 0 Å². The predicted molar refractivity (Wildman–Crippen MR) is 101 cm³/mol. The first kappa shape index (κ1) is 18.3. The highest BCUT2D eigenvalue weighted by atomic mass is 16.5. The van der Waals surface area contributed by atoms with Gasteiger partial charge in [-0.1, -0.05) is 0 Å². The number of hydrogen-bond acceptors (Lipinski definition) is 5. The average Bonchev–Trinajstić information content (AvgIpc) is 3.11. The van der Waals surface area contributed by atoms with Gasteiger partial charge in [-0.05, 0) is 42.5 Å². The van der Waals surface area contributed by atoms with Crippen molar-refractivity contribution < 1.29 is 19.0 Å². The molecular formula is C20H21N3O4. The smallest absolute Gasteiger partial charge is 0.259 e. The number of ether oxygens (including phenoxy) is 3. The van der Waals surface area contributed by atoms with Gasteiger partial charge in [0.2, 0.25) is 0 Å². The summed E-state index contributed by atoms with van der Waals surface area (Å²) in [7, 11) is 4.98. The molecule has 7 nitrogen and oxygen atoms in total. The molecule has 3 rings (SSSR count). The van der Waals surface area contributed by atoms with Gasteiger partial charge in [0.1, 0.15) is 29.7 Å². The molecule has 1 heterocycles. The number of aromatic nitrogens is 2. The Morgan fingerprint density at radius 2 is 1.81 bits per heavy atom. The van der Waals surface area contributed by atoms with Crippen molar-refractivity contribution in [3.8, 4) is 17.2 Å². The molecule has 0 saturated carbocycles. The highest BCUT2D eigenvalue weighted by Crippen LogP contribution is 2.25. The number of nitrogens with one attached hydrogen (secondary N) is 1.